The number of nitrogens with zero attached hydrogens (tertiary/aromatic N) is 1. The number of nitrogens with one attached hydrogen (secondary N) is 1. The van der Waals surface area contributed by atoms with Crippen LogP contribution >= 0.6 is 0 Å². The van der Waals surface area contributed by atoms with Gasteiger partial charge in [-0.2, -0.15) is 5.10 Å². The molecule has 10 nitrogen and oxygen atoms in total. The van der Waals surface area contributed by atoms with Crippen LogP contribution in [-0.4, -0.2) is 51.6 Å². The topological polar surface area (TPSA) is 125 Å². The molecule has 0 fully saturated rings. The number of carbonyl (C=O) groups excluding carboxylic acids is 2. The van der Waals surface area contributed by atoms with Gasteiger partial charge in [0.15, 0.2) is 29.1 Å². The van der Waals surface area contributed by atoms with Crippen molar-refractivity contribution in [2.75, 3.05) is 28.4 Å². The normalized spacial score (nSPS) is 11.5. The molecular formula is C26H26N2O8. The molecule has 1 unspecified atom stereocenters. The van der Waals surface area contributed by atoms with E-state index < -0.39 is 18.0 Å². The van der Waals surface area contributed by atoms with Crippen LogP contribution in [0.5, 0.6) is 28.7 Å². The molecule has 1 amide bonds. The molecule has 3 aromatic carbocycles. The lowest BCUT2D eigenvalue weighted by molar-refractivity contribution is -0.129. The van der Waals surface area contributed by atoms with Gasteiger partial charge in [0.05, 0.1) is 40.2 Å². The predicted octanol–water partition coefficient (Wildman–Crippen LogP) is 3.12. The van der Waals surface area contributed by atoms with Gasteiger partial charge in [-0.05, 0) is 41.5 Å². The second-order valence-corrected chi connectivity index (χ2v) is 7.26. The van der Waals surface area contributed by atoms with Crippen LogP contribution in [0.2, 0.25) is 0 Å². The molecule has 3 rings (SSSR count). The Morgan fingerprint density at radius 2 is 1.47 bits per heavy atom. The largest absolute Gasteiger partial charge is 0.493 e. The van der Waals surface area contributed by atoms with Gasteiger partial charge < -0.3 is 28.8 Å². The molecule has 0 aliphatic rings. The van der Waals surface area contributed by atoms with Crippen LogP contribution in [-0.2, 0) is 4.79 Å². The minimum Gasteiger partial charge on any atom is -0.493 e. The quantitative estimate of drug-likeness (QED) is 0.191. The molecule has 0 heterocycles. The first-order valence-corrected chi connectivity index (χ1v) is 10.7. The van der Waals surface area contributed by atoms with Crippen LogP contribution in [0.4, 0.5) is 0 Å². The monoisotopic (exact) mass is 494 g/mol. The van der Waals surface area contributed by atoms with Crippen molar-refractivity contribution in [2.45, 2.75) is 6.10 Å². The summed E-state index contributed by atoms with van der Waals surface area (Å²) in [5, 5.41) is 14.0. The molecule has 0 spiro atoms. The molecule has 2 N–H and O–H groups in total. The third kappa shape index (κ3) is 6.10. The third-order valence-electron chi connectivity index (χ3n) is 5.04. The minimum atomic E-state index is -1.35. The highest BCUT2D eigenvalue weighted by Gasteiger charge is 2.20. The molecule has 36 heavy (non-hydrogen) atoms. The van der Waals surface area contributed by atoms with Crippen molar-refractivity contribution >= 4 is 18.1 Å². The van der Waals surface area contributed by atoms with Gasteiger partial charge in [0.2, 0.25) is 5.75 Å². The highest BCUT2D eigenvalue weighted by molar-refractivity contribution is 5.93. The van der Waals surface area contributed by atoms with Crippen LogP contribution in [0.3, 0.4) is 0 Å². The smallest absolute Gasteiger partial charge is 0.343 e. The fourth-order valence-electron chi connectivity index (χ4n) is 3.22. The lowest BCUT2D eigenvalue weighted by Gasteiger charge is -2.14. The summed E-state index contributed by atoms with van der Waals surface area (Å²) in [6, 6.07) is 16.2. The summed E-state index contributed by atoms with van der Waals surface area (Å²) in [7, 11) is 5.77. The highest BCUT2D eigenvalue weighted by atomic mass is 16.6. The Hall–Kier alpha value is -4.57. The second-order valence-electron chi connectivity index (χ2n) is 7.26. The van der Waals surface area contributed by atoms with E-state index >= 15 is 0 Å². The van der Waals surface area contributed by atoms with Gasteiger partial charge in [-0.25, -0.2) is 10.2 Å². The van der Waals surface area contributed by atoms with Gasteiger partial charge in [-0.1, -0.05) is 30.3 Å². The van der Waals surface area contributed by atoms with E-state index in [1.54, 1.807) is 42.5 Å². The van der Waals surface area contributed by atoms with E-state index in [-0.39, 0.29) is 17.1 Å². The number of rotatable bonds is 10. The highest BCUT2D eigenvalue weighted by Crippen LogP contribution is 2.38. The molecule has 0 bridgehead atoms. The summed E-state index contributed by atoms with van der Waals surface area (Å²) < 4.78 is 26.7. The lowest BCUT2D eigenvalue weighted by Crippen LogP contribution is -2.25. The minimum absolute atomic E-state index is 0.164. The summed E-state index contributed by atoms with van der Waals surface area (Å²) >= 11 is 0. The van der Waals surface area contributed by atoms with Gasteiger partial charge in [-0.3, -0.25) is 4.79 Å². The second kappa shape index (κ2) is 12.2. The summed E-state index contributed by atoms with van der Waals surface area (Å²) in [6.45, 7) is 0. The maximum Gasteiger partial charge on any atom is 0.343 e. The number of hydrogen-bond acceptors (Lipinski definition) is 9. The Balaban J connectivity index is 1.71. The SMILES string of the molecule is COc1cc(C=NNC(=O)C(O)c2ccccc2)ccc1OC(=O)c1cc(OC)c(OC)c(OC)c1. The number of carbonyl (C=O) groups is 2. The third-order valence-corrected chi connectivity index (χ3v) is 5.04. The zero-order valence-corrected chi connectivity index (χ0v) is 20.2. The number of benzene rings is 3. The maximum absolute atomic E-state index is 12.8. The van der Waals surface area contributed by atoms with Gasteiger partial charge in [-0.15, -0.1) is 0 Å². The predicted molar refractivity (Wildman–Crippen MR) is 131 cm³/mol. The number of amides is 1. The van der Waals surface area contributed by atoms with Gasteiger partial charge in [0.25, 0.3) is 5.91 Å². The summed E-state index contributed by atoms with van der Waals surface area (Å²) in [6.07, 6.45) is 0.0121. The maximum atomic E-state index is 12.8. The van der Waals surface area contributed by atoms with Crippen molar-refractivity contribution in [3.05, 3.63) is 77.4 Å². The molecule has 0 aromatic heterocycles. The molecule has 0 aliphatic heterocycles. The molecule has 1 atom stereocenters. The zero-order chi connectivity index (χ0) is 26.1. The number of aliphatic hydroxyl groups excluding tert-OH is 1. The van der Waals surface area contributed by atoms with Gasteiger partial charge in [0, 0.05) is 0 Å². The van der Waals surface area contributed by atoms with Crippen LogP contribution in [0, 0.1) is 0 Å². The van der Waals surface area contributed by atoms with E-state index in [4.69, 9.17) is 23.7 Å². The molecule has 10 heteroatoms. The van der Waals surface area contributed by atoms with E-state index in [2.05, 4.69) is 10.5 Å². The van der Waals surface area contributed by atoms with Gasteiger partial charge >= 0.3 is 5.97 Å². The summed E-state index contributed by atoms with van der Waals surface area (Å²) in [5.41, 5.74) is 3.46. The lowest BCUT2D eigenvalue weighted by atomic mass is 10.1. The Labute approximate surface area is 208 Å². The zero-order valence-electron chi connectivity index (χ0n) is 20.2. The van der Waals surface area contributed by atoms with E-state index in [0.29, 0.717) is 28.4 Å². The number of aliphatic hydroxyl groups is 1. The van der Waals surface area contributed by atoms with Crippen molar-refractivity contribution < 1.29 is 38.4 Å². The number of hydrogen-bond donors (Lipinski definition) is 2. The average molecular weight is 495 g/mol. The molecular weight excluding hydrogens is 468 g/mol. The van der Waals surface area contributed by atoms with Crippen LogP contribution in [0.25, 0.3) is 0 Å². The standard InChI is InChI=1S/C26H26N2O8/c1-32-20-12-16(15-27-28-25(30)23(29)17-8-6-5-7-9-17)10-11-19(20)36-26(31)18-13-21(33-2)24(35-4)22(14-18)34-3/h5-15,23,29H,1-4H3,(H,28,30). The van der Waals surface area contributed by atoms with Crippen LogP contribution in [0.1, 0.15) is 27.6 Å². The van der Waals surface area contributed by atoms with Gasteiger partial charge in [0.1, 0.15) is 0 Å². The number of hydrazone groups is 1. The van der Waals surface area contributed by atoms with Crippen molar-refractivity contribution in [1.29, 1.82) is 0 Å². The Morgan fingerprint density at radius 3 is 2.06 bits per heavy atom. The van der Waals surface area contributed by atoms with Crippen LogP contribution < -0.4 is 29.1 Å². The Kier molecular flexibility index (Phi) is 8.84. The Bertz CT molecular complexity index is 1220. The summed E-state index contributed by atoms with van der Waals surface area (Å²) in [5.74, 6) is 0.0356. The average Bonchev–Trinajstić information content (AvgIpc) is 2.92. The first-order valence-electron chi connectivity index (χ1n) is 10.7. The van der Waals surface area contributed by atoms with E-state index in [9.17, 15) is 14.7 Å². The molecule has 0 aliphatic carbocycles. The fourth-order valence-corrected chi connectivity index (χ4v) is 3.22. The van der Waals surface area contributed by atoms with Crippen molar-refractivity contribution in [3.8, 4) is 28.7 Å². The van der Waals surface area contributed by atoms with Crippen molar-refractivity contribution in [2.24, 2.45) is 5.10 Å². The van der Waals surface area contributed by atoms with E-state index in [1.165, 1.54) is 52.9 Å². The number of esters is 1. The van der Waals surface area contributed by atoms with E-state index in [1.807, 2.05) is 0 Å². The molecule has 188 valence electrons. The molecule has 3 aromatic rings. The number of ether oxygens (including phenoxy) is 5. The Morgan fingerprint density at radius 1 is 0.833 bits per heavy atom. The first-order chi connectivity index (χ1) is 17.4. The molecule has 0 saturated carbocycles. The first kappa shape index (κ1) is 26.0. The molecule has 0 saturated heterocycles. The van der Waals surface area contributed by atoms with Crippen LogP contribution in [0.15, 0.2) is 65.8 Å². The fraction of sp³-hybridized carbons (Fsp3) is 0.192. The van der Waals surface area contributed by atoms with E-state index in [0.717, 1.165) is 0 Å². The number of methoxy groups -OCH3 is 4. The van der Waals surface area contributed by atoms with Crippen molar-refractivity contribution in [3.63, 3.8) is 0 Å². The van der Waals surface area contributed by atoms with Crippen molar-refractivity contribution in [1.82, 2.24) is 5.43 Å². The summed E-state index contributed by atoms with van der Waals surface area (Å²) in [4.78, 5) is 24.9. The molecule has 0 radical (unpaired) electrons.